The molecule has 1 aliphatic heterocycles. The Hall–Kier alpha value is -2.06. The second kappa shape index (κ2) is 7.01. The predicted octanol–water partition coefficient (Wildman–Crippen LogP) is 2.65. The van der Waals surface area contributed by atoms with E-state index in [0.29, 0.717) is 17.7 Å². The van der Waals surface area contributed by atoms with E-state index in [2.05, 4.69) is 16.3 Å². The van der Waals surface area contributed by atoms with Crippen LogP contribution in [-0.2, 0) is 4.79 Å². The number of piperidine rings is 1. The van der Waals surface area contributed by atoms with Crippen LogP contribution in [0.2, 0.25) is 0 Å². The maximum atomic E-state index is 11.9. The van der Waals surface area contributed by atoms with Gasteiger partial charge < -0.3 is 15.3 Å². The van der Waals surface area contributed by atoms with Gasteiger partial charge in [-0.15, -0.1) is 0 Å². The Morgan fingerprint density at radius 3 is 2.70 bits per heavy atom. The Labute approximate surface area is 136 Å². The van der Waals surface area contributed by atoms with Crippen LogP contribution in [-0.4, -0.2) is 30.2 Å². The molecule has 2 N–H and O–H groups in total. The summed E-state index contributed by atoms with van der Waals surface area (Å²) in [6.45, 7) is 1.51. The van der Waals surface area contributed by atoms with Gasteiger partial charge in [-0.2, -0.15) is 5.26 Å². The molecule has 0 bridgehead atoms. The van der Waals surface area contributed by atoms with E-state index in [1.807, 2.05) is 12.1 Å². The number of carbonyl (C=O) groups is 1. The molecule has 1 heterocycles. The van der Waals surface area contributed by atoms with E-state index >= 15 is 0 Å². The number of aliphatic hydroxyl groups excluding tert-OH is 1. The number of rotatable bonds is 5. The van der Waals surface area contributed by atoms with Crippen LogP contribution in [0, 0.1) is 17.2 Å². The molecule has 2 fully saturated rings. The third kappa shape index (κ3) is 4.23. The first-order chi connectivity index (χ1) is 11.2. The number of nitriles is 1. The van der Waals surface area contributed by atoms with Gasteiger partial charge in [0.15, 0.2) is 0 Å². The Balaban J connectivity index is 1.64. The van der Waals surface area contributed by atoms with Gasteiger partial charge in [-0.25, -0.2) is 0 Å². The van der Waals surface area contributed by atoms with Crippen LogP contribution in [0.3, 0.4) is 0 Å². The molecule has 1 aromatic carbocycles. The van der Waals surface area contributed by atoms with E-state index in [0.717, 1.165) is 44.0 Å². The summed E-state index contributed by atoms with van der Waals surface area (Å²) in [6.07, 6.45) is 5.25. The molecule has 1 saturated heterocycles. The first kappa shape index (κ1) is 15.8. The fourth-order valence-electron chi connectivity index (χ4n) is 3.05. The zero-order chi connectivity index (χ0) is 16.2. The van der Waals surface area contributed by atoms with Gasteiger partial charge in [0.05, 0.1) is 17.4 Å². The lowest BCUT2D eigenvalue weighted by atomic mass is 10.0. The Morgan fingerprint density at radius 2 is 2.04 bits per heavy atom. The van der Waals surface area contributed by atoms with Gasteiger partial charge in [-0.05, 0) is 43.4 Å². The topological polar surface area (TPSA) is 76.4 Å². The second-order valence-electron chi connectivity index (χ2n) is 6.59. The number of carbonyl (C=O) groups excluding carboxylic acids is 1. The third-order valence-corrected chi connectivity index (χ3v) is 4.68. The zero-order valence-corrected chi connectivity index (χ0v) is 13.3. The first-order valence-corrected chi connectivity index (χ1v) is 8.42. The highest BCUT2D eigenvalue weighted by molar-refractivity contribution is 5.91. The molecule has 1 saturated carbocycles. The van der Waals surface area contributed by atoms with E-state index in [1.165, 1.54) is 12.8 Å². The van der Waals surface area contributed by atoms with Gasteiger partial charge in [-0.3, -0.25) is 4.79 Å². The van der Waals surface area contributed by atoms with Crippen LogP contribution in [0.4, 0.5) is 11.4 Å². The minimum Gasteiger partial charge on any atom is -0.393 e. The van der Waals surface area contributed by atoms with Crippen molar-refractivity contribution in [2.75, 3.05) is 23.3 Å². The molecule has 1 aliphatic carbocycles. The molecular weight excluding hydrogens is 290 g/mol. The van der Waals surface area contributed by atoms with Crippen LogP contribution in [0.25, 0.3) is 0 Å². The van der Waals surface area contributed by atoms with Crippen molar-refractivity contribution in [1.29, 1.82) is 5.26 Å². The summed E-state index contributed by atoms with van der Waals surface area (Å²) in [6, 6.07) is 7.72. The molecule has 0 aromatic heterocycles. The minimum atomic E-state index is -0.234. The minimum absolute atomic E-state index is 0.0228. The number of nitrogens with zero attached hydrogens (tertiary/aromatic N) is 2. The van der Waals surface area contributed by atoms with Crippen LogP contribution in [0.5, 0.6) is 0 Å². The summed E-state index contributed by atoms with van der Waals surface area (Å²) in [5, 5.41) is 21.9. The van der Waals surface area contributed by atoms with Crippen molar-refractivity contribution in [3.05, 3.63) is 23.8 Å². The molecular formula is C18H23N3O2. The van der Waals surface area contributed by atoms with Crippen LogP contribution >= 0.6 is 0 Å². The molecule has 23 heavy (non-hydrogen) atoms. The molecule has 0 atom stereocenters. The van der Waals surface area contributed by atoms with E-state index in [1.54, 1.807) is 6.07 Å². The molecule has 0 unspecified atom stereocenters. The number of anilines is 2. The van der Waals surface area contributed by atoms with Crippen molar-refractivity contribution in [3.8, 4) is 6.07 Å². The predicted molar refractivity (Wildman–Crippen MR) is 89.2 cm³/mol. The summed E-state index contributed by atoms with van der Waals surface area (Å²) in [4.78, 5) is 14.1. The van der Waals surface area contributed by atoms with Gasteiger partial charge in [0.25, 0.3) is 0 Å². The van der Waals surface area contributed by atoms with Crippen molar-refractivity contribution in [1.82, 2.24) is 0 Å². The van der Waals surface area contributed by atoms with Crippen LogP contribution in [0.15, 0.2) is 18.2 Å². The highest BCUT2D eigenvalue weighted by Crippen LogP contribution is 2.33. The highest BCUT2D eigenvalue weighted by Gasteiger charge is 2.22. The first-order valence-electron chi connectivity index (χ1n) is 8.42. The van der Waals surface area contributed by atoms with E-state index < -0.39 is 0 Å². The van der Waals surface area contributed by atoms with Crippen molar-refractivity contribution in [2.45, 2.75) is 44.6 Å². The van der Waals surface area contributed by atoms with Crippen molar-refractivity contribution in [3.63, 3.8) is 0 Å². The molecule has 0 spiro atoms. The second-order valence-corrected chi connectivity index (χ2v) is 6.59. The molecule has 5 heteroatoms. The maximum absolute atomic E-state index is 11.9. The lowest BCUT2D eigenvalue weighted by Gasteiger charge is -2.32. The van der Waals surface area contributed by atoms with Crippen molar-refractivity contribution in [2.24, 2.45) is 5.92 Å². The summed E-state index contributed by atoms with van der Waals surface area (Å²) < 4.78 is 0. The Bertz CT molecular complexity index is 611. The van der Waals surface area contributed by atoms with E-state index in [-0.39, 0.29) is 12.0 Å². The monoisotopic (exact) mass is 313 g/mol. The van der Waals surface area contributed by atoms with Crippen molar-refractivity contribution >= 4 is 17.3 Å². The van der Waals surface area contributed by atoms with Crippen LogP contribution in [0.1, 0.15) is 44.1 Å². The van der Waals surface area contributed by atoms with Gasteiger partial charge >= 0.3 is 0 Å². The third-order valence-electron chi connectivity index (χ3n) is 4.68. The van der Waals surface area contributed by atoms with E-state index in [9.17, 15) is 15.2 Å². The molecule has 5 nitrogen and oxygen atoms in total. The molecule has 1 aromatic rings. The SMILES string of the molecule is N#Cc1cc(NC(=O)CCC2CC2)ccc1N1CCC(O)CC1. The molecule has 122 valence electrons. The van der Waals surface area contributed by atoms with Gasteiger partial charge in [0, 0.05) is 25.2 Å². The van der Waals surface area contributed by atoms with Gasteiger partial charge in [0.2, 0.25) is 5.91 Å². The summed E-state index contributed by atoms with van der Waals surface area (Å²) in [7, 11) is 0. The number of aliphatic hydroxyl groups is 1. The quantitative estimate of drug-likeness (QED) is 0.876. The largest absolute Gasteiger partial charge is 0.393 e. The lowest BCUT2D eigenvalue weighted by Crippen LogP contribution is -2.36. The number of benzene rings is 1. The molecule has 0 radical (unpaired) electrons. The number of hydrogen-bond donors (Lipinski definition) is 2. The Morgan fingerprint density at radius 1 is 1.30 bits per heavy atom. The Kier molecular flexibility index (Phi) is 4.82. The normalized spacial score (nSPS) is 18.5. The number of nitrogens with one attached hydrogen (secondary N) is 1. The zero-order valence-electron chi connectivity index (χ0n) is 13.3. The average Bonchev–Trinajstić information content (AvgIpc) is 3.38. The van der Waals surface area contributed by atoms with E-state index in [4.69, 9.17) is 0 Å². The maximum Gasteiger partial charge on any atom is 0.224 e. The van der Waals surface area contributed by atoms with Gasteiger partial charge in [-0.1, -0.05) is 12.8 Å². The highest BCUT2D eigenvalue weighted by atomic mass is 16.3. The fraction of sp³-hybridized carbons (Fsp3) is 0.556. The number of amides is 1. The average molecular weight is 313 g/mol. The smallest absolute Gasteiger partial charge is 0.224 e. The summed E-state index contributed by atoms with van der Waals surface area (Å²) >= 11 is 0. The molecule has 1 amide bonds. The summed E-state index contributed by atoms with van der Waals surface area (Å²) in [5.74, 6) is 0.766. The van der Waals surface area contributed by atoms with Crippen LogP contribution < -0.4 is 10.2 Å². The van der Waals surface area contributed by atoms with Crippen molar-refractivity contribution < 1.29 is 9.90 Å². The molecule has 3 rings (SSSR count). The standard InChI is InChI=1S/C18H23N3O2/c19-12-14-11-15(20-18(23)6-3-13-1-2-13)4-5-17(14)21-9-7-16(22)8-10-21/h4-5,11,13,16,22H,1-3,6-10H2,(H,20,23). The fourth-order valence-corrected chi connectivity index (χ4v) is 3.05. The number of hydrogen-bond acceptors (Lipinski definition) is 4. The van der Waals surface area contributed by atoms with Gasteiger partial charge in [0.1, 0.15) is 6.07 Å². The lowest BCUT2D eigenvalue weighted by molar-refractivity contribution is -0.116. The summed E-state index contributed by atoms with van der Waals surface area (Å²) in [5.41, 5.74) is 2.14. The molecule has 2 aliphatic rings.